The van der Waals surface area contributed by atoms with Crippen LogP contribution in [0.4, 0.5) is 0 Å². The van der Waals surface area contributed by atoms with Crippen molar-refractivity contribution < 1.29 is 41.4 Å². The van der Waals surface area contributed by atoms with Crippen LogP contribution in [-0.2, 0) is 0 Å². The van der Waals surface area contributed by atoms with Crippen molar-refractivity contribution in [2.75, 3.05) is 0 Å². The third kappa shape index (κ3) is 6.21. The molecule has 3 aromatic heterocycles. The lowest BCUT2D eigenvalue weighted by Gasteiger charge is -2.16. The molecule has 0 aliphatic carbocycles. The highest BCUT2D eigenvalue weighted by molar-refractivity contribution is 6.17. The molecule has 0 radical (unpaired) electrons. The first-order chi connectivity index (χ1) is 45.5. The van der Waals surface area contributed by atoms with Crippen LogP contribution in [0.3, 0.4) is 0 Å². The summed E-state index contributed by atoms with van der Waals surface area (Å²) in [6.07, 6.45) is 1.65. The normalized spacial score (nSPS) is 17.2. The molecule has 0 amide bonds. The van der Waals surface area contributed by atoms with Crippen LogP contribution < -0.4 is 0 Å². The SMILES string of the molecule is [2H]c1c([2H])c([2H])c2c(-c3oc(-c4c([2H])c([2H])c(-c5ccc(-c6ccc7ccc8cccnc8c7n6)c6ccccc56)c5c([2H])c([2H])c([2H])c([2H])c45)c(-c4c([2H])c([2H])c([2H])c5c([2H])c([2H])c([2H])c([2H])c45)c3-c3c([2H])c([2H])c([2H])c4c([2H])c([2H])c([2H])c([2H])c34)c([2H])c([2H])c([2H])c2c1[2H]. The maximum absolute atomic E-state index is 10.5. The standard InChI is InChI=1S/C66H40N2O/c1-4-22-46-41(15-1)18-11-29-56(46)61-62(57-30-12-19-42-16-2-5-23-47(42)57)66(69-65(61)58-31-13-20-43-17-3-6-24-48(43)58)59-38-36-54(50-26-8-10-28-52(50)59)53-35-37-55(51-27-9-7-25-49(51)53)60-39-34-45-33-32-44-21-14-40-67-63(44)64(45)68-60/h1-40H/i1D,2D,3D,4D,5D,6D,8D,10D,11D,12D,13D,15D,16D,17D,18D,19D,20D,22D,23D,24D,26D,28D,29D,30D,31D,36D,38D. The van der Waals surface area contributed by atoms with Crippen LogP contribution in [0.1, 0.15) is 37.0 Å². The van der Waals surface area contributed by atoms with Gasteiger partial charge in [-0.15, -0.1) is 0 Å². The Morgan fingerprint density at radius 2 is 0.768 bits per heavy atom. The van der Waals surface area contributed by atoms with Gasteiger partial charge in [0.25, 0.3) is 0 Å². The van der Waals surface area contributed by atoms with Gasteiger partial charge in [-0.3, -0.25) is 4.98 Å². The summed E-state index contributed by atoms with van der Waals surface area (Å²) in [7, 11) is 0. The number of hydrogen-bond donors (Lipinski definition) is 0. The third-order valence-corrected chi connectivity index (χ3v) is 12.2. The van der Waals surface area contributed by atoms with Gasteiger partial charge in [-0.05, 0) is 94.3 Å². The minimum atomic E-state index is -1.12. The molecule has 3 heteroatoms. The van der Waals surface area contributed by atoms with Gasteiger partial charge in [-0.2, -0.15) is 0 Å². The summed E-state index contributed by atoms with van der Waals surface area (Å²) in [6, 6.07) is -5.16. The molecule has 0 saturated heterocycles. The molecule has 0 saturated carbocycles. The summed E-state index contributed by atoms with van der Waals surface area (Å²) in [4.78, 5) is 9.69. The van der Waals surface area contributed by atoms with E-state index in [0.29, 0.717) is 33.1 Å². The summed E-state index contributed by atoms with van der Waals surface area (Å²) in [6.45, 7) is 0. The number of hydrogen-bond acceptors (Lipinski definition) is 3. The highest BCUT2D eigenvalue weighted by atomic mass is 16.3. The fourth-order valence-electron chi connectivity index (χ4n) is 9.17. The van der Waals surface area contributed by atoms with E-state index in [0.717, 1.165) is 10.8 Å². The molecule has 14 rings (SSSR count). The van der Waals surface area contributed by atoms with E-state index in [-0.39, 0.29) is 11.1 Å². The van der Waals surface area contributed by atoms with Crippen LogP contribution in [0, 0.1) is 0 Å². The Balaban J connectivity index is 1.25. The Hall–Kier alpha value is -9.18. The molecule has 0 bridgehead atoms. The molecule has 0 N–H and O–H groups in total. The van der Waals surface area contributed by atoms with Gasteiger partial charge < -0.3 is 4.42 Å². The molecule has 69 heavy (non-hydrogen) atoms. The molecule has 11 aromatic carbocycles. The highest BCUT2D eigenvalue weighted by Crippen LogP contribution is 2.54. The molecule has 3 heterocycles. The molecule has 3 nitrogen and oxygen atoms in total. The van der Waals surface area contributed by atoms with E-state index in [9.17, 15) is 26.0 Å². The lowest BCUT2D eigenvalue weighted by Crippen LogP contribution is -1.92. The van der Waals surface area contributed by atoms with E-state index in [1.165, 1.54) is 0 Å². The van der Waals surface area contributed by atoms with Crippen LogP contribution in [-0.4, -0.2) is 9.97 Å². The lowest BCUT2D eigenvalue weighted by atomic mass is 9.85. The quantitative estimate of drug-likeness (QED) is 0.156. The number of furan rings is 1. The highest BCUT2D eigenvalue weighted by Gasteiger charge is 2.29. The molecular formula is C66H40N2O. The predicted molar refractivity (Wildman–Crippen MR) is 289 cm³/mol. The zero-order chi connectivity index (χ0) is 68.9. The molecule has 320 valence electrons. The van der Waals surface area contributed by atoms with Crippen LogP contribution in [0.25, 0.3) is 143 Å². The maximum Gasteiger partial charge on any atom is 0.143 e. The Morgan fingerprint density at radius 1 is 0.304 bits per heavy atom. The zero-order valence-corrected chi connectivity index (χ0v) is 35.3. The lowest BCUT2D eigenvalue weighted by molar-refractivity contribution is 0.600. The van der Waals surface area contributed by atoms with Gasteiger partial charge in [-0.25, -0.2) is 4.98 Å². The molecule has 0 aliphatic heterocycles. The van der Waals surface area contributed by atoms with E-state index in [1.807, 2.05) is 24.3 Å². The van der Waals surface area contributed by atoms with Crippen molar-refractivity contribution in [1.82, 2.24) is 9.97 Å². The number of benzene rings is 11. The van der Waals surface area contributed by atoms with Crippen molar-refractivity contribution in [2.45, 2.75) is 0 Å². The molecule has 0 atom stereocenters. The van der Waals surface area contributed by atoms with Crippen LogP contribution in [0.15, 0.2) is 247 Å². The van der Waals surface area contributed by atoms with Gasteiger partial charge >= 0.3 is 0 Å². The van der Waals surface area contributed by atoms with E-state index >= 15 is 0 Å². The van der Waals surface area contributed by atoms with Gasteiger partial charge in [0.2, 0.25) is 0 Å². The summed E-state index contributed by atoms with van der Waals surface area (Å²) in [5, 5.41) is -3.22. The van der Waals surface area contributed by atoms with E-state index in [1.54, 1.807) is 54.7 Å². The Morgan fingerprint density at radius 3 is 1.41 bits per heavy atom. The van der Waals surface area contributed by atoms with Crippen molar-refractivity contribution in [3.05, 3.63) is 242 Å². The minimum Gasteiger partial charge on any atom is -0.455 e. The summed E-state index contributed by atoms with van der Waals surface area (Å²) in [5.41, 5.74) is -3.26. The van der Waals surface area contributed by atoms with Gasteiger partial charge in [0.1, 0.15) is 11.5 Å². The van der Waals surface area contributed by atoms with Gasteiger partial charge in [0.05, 0.1) is 53.7 Å². The molecule has 0 fully saturated rings. The second kappa shape index (κ2) is 15.7. The van der Waals surface area contributed by atoms with Crippen LogP contribution in [0.2, 0.25) is 0 Å². The fourth-order valence-corrected chi connectivity index (χ4v) is 9.17. The van der Waals surface area contributed by atoms with Gasteiger partial charge in [0, 0.05) is 44.8 Å². The maximum atomic E-state index is 10.5. The molecule has 0 unspecified atom stereocenters. The Bertz CT molecular complexity index is 5980. The summed E-state index contributed by atoms with van der Waals surface area (Å²) >= 11 is 0. The molecular weight excluding hydrogens is 837 g/mol. The zero-order valence-electron chi connectivity index (χ0n) is 62.3. The number of pyridine rings is 2. The second-order valence-corrected chi connectivity index (χ2v) is 15.9. The Labute approximate surface area is 436 Å². The van der Waals surface area contributed by atoms with E-state index in [4.69, 9.17) is 20.4 Å². The third-order valence-electron chi connectivity index (χ3n) is 12.2. The summed E-state index contributed by atoms with van der Waals surface area (Å²) in [5.74, 6) is -2.03. The van der Waals surface area contributed by atoms with Crippen molar-refractivity contribution in [1.29, 1.82) is 0 Å². The van der Waals surface area contributed by atoms with E-state index < -0.39 is 251 Å². The molecule has 0 aliphatic rings. The van der Waals surface area contributed by atoms with Crippen LogP contribution >= 0.6 is 0 Å². The minimum absolute atomic E-state index is 0.125. The number of rotatable bonds is 6. The van der Waals surface area contributed by atoms with Crippen LogP contribution in [0.5, 0.6) is 0 Å². The fraction of sp³-hybridized carbons (Fsp3) is 0. The molecule has 14 aromatic rings. The van der Waals surface area contributed by atoms with E-state index in [2.05, 4.69) is 4.98 Å². The summed E-state index contributed by atoms with van der Waals surface area (Å²) < 4.78 is 261. The largest absolute Gasteiger partial charge is 0.455 e. The predicted octanol–water partition coefficient (Wildman–Crippen LogP) is 18.1. The number of nitrogens with zero attached hydrogens (tertiary/aromatic N) is 2. The first kappa shape index (κ1) is 20.8. The monoisotopic (exact) mass is 903 g/mol. The second-order valence-electron chi connectivity index (χ2n) is 15.9. The average Bonchev–Trinajstić information content (AvgIpc) is 1.39. The van der Waals surface area contributed by atoms with Gasteiger partial charge in [0.15, 0.2) is 0 Å². The first-order valence-corrected chi connectivity index (χ1v) is 21.4. The molecule has 0 spiro atoms. The smallest absolute Gasteiger partial charge is 0.143 e. The van der Waals surface area contributed by atoms with Gasteiger partial charge in [-0.1, -0.05) is 218 Å². The number of aromatic nitrogens is 2. The van der Waals surface area contributed by atoms with Crippen molar-refractivity contribution in [2.24, 2.45) is 0 Å². The number of fused-ring (bicyclic) bond motifs is 8. The average molecular weight is 904 g/mol. The Kier molecular flexibility index (Phi) is 4.73. The van der Waals surface area contributed by atoms with Crippen molar-refractivity contribution in [3.8, 4) is 67.3 Å². The van der Waals surface area contributed by atoms with Crippen molar-refractivity contribution in [3.63, 3.8) is 0 Å². The first-order valence-electron chi connectivity index (χ1n) is 34.9. The topological polar surface area (TPSA) is 38.9 Å². The van der Waals surface area contributed by atoms with Crippen molar-refractivity contribution >= 4 is 75.7 Å².